The Labute approximate surface area is 203 Å². The molecular formula is C29H18N4O3. The quantitative estimate of drug-likeness (QED) is 0.316. The molecule has 0 radical (unpaired) electrons. The van der Waals surface area contributed by atoms with Crippen LogP contribution in [-0.4, -0.2) is 30.3 Å². The zero-order valence-electron chi connectivity index (χ0n) is 18.8. The first kappa shape index (κ1) is 20.2. The van der Waals surface area contributed by atoms with Gasteiger partial charge in [0.1, 0.15) is 0 Å². The Morgan fingerprint density at radius 3 is 2.11 bits per heavy atom. The minimum absolute atomic E-state index is 0.0957. The van der Waals surface area contributed by atoms with Crippen LogP contribution < -0.4 is 5.56 Å². The summed E-state index contributed by atoms with van der Waals surface area (Å²) in [5.41, 5.74) is 4.46. The molecule has 0 aliphatic rings. The van der Waals surface area contributed by atoms with E-state index in [1.165, 1.54) is 0 Å². The number of pyridine rings is 1. The van der Waals surface area contributed by atoms with Crippen LogP contribution in [0.5, 0.6) is 0 Å². The van der Waals surface area contributed by atoms with Crippen LogP contribution >= 0.6 is 0 Å². The molecule has 36 heavy (non-hydrogen) atoms. The van der Waals surface area contributed by atoms with Gasteiger partial charge in [0.05, 0.1) is 33.1 Å². The molecule has 0 unspecified atom stereocenters. The highest BCUT2D eigenvalue weighted by molar-refractivity contribution is 6.09. The van der Waals surface area contributed by atoms with Gasteiger partial charge in [0.25, 0.3) is 5.56 Å². The predicted octanol–water partition coefficient (Wildman–Crippen LogP) is 6.17. The Balaban J connectivity index is 1.45. The molecule has 0 aliphatic carbocycles. The summed E-state index contributed by atoms with van der Waals surface area (Å²) in [6, 6.07) is 31.0. The summed E-state index contributed by atoms with van der Waals surface area (Å²) >= 11 is 0. The van der Waals surface area contributed by atoms with Gasteiger partial charge in [-0.3, -0.25) is 4.79 Å². The highest BCUT2D eigenvalue weighted by Crippen LogP contribution is 2.33. The first-order valence-corrected chi connectivity index (χ1v) is 11.5. The van der Waals surface area contributed by atoms with Crippen LogP contribution in [0.3, 0.4) is 0 Å². The third-order valence-electron chi connectivity index (χ3n) is 6.66. The molecule has 4 aromatic carbocycles. The van der Waals surface area contributed by atoms with Crippen molar-refractivity contribution in [3.05, 3.63) is 107 Å². The van der Waals surface area contributed by atoms with Crippen LogP contribution in [0.25, 0.3) is 60.8 Å². The number of rotatable bonds is 2. The monoisotopic (exact) mass is 470 g/mol. The molecule has 7 nitrogen and oxygen atoms in total. The van der Waals surface area contributed by atoms with Gasteiger partial charge < -0.3 is 14.7 Å². The summed E-state index contributed by atoms with van der Waals surface area (Å²) < 4.78 is 3.23. The van der Waals surface area contributed by atoms with E-state index in [1.807, 2.05) is 42.5 Å². The highest BCUT2D eigenvalue weighted by Gasteiger charge is 2.20. The number of nitrogens with zero attached hydrogens (tertiary/aromatic N) is 3. The van der Waals surface area contributed by atoms with E-state index in [-0.39, 0.29) is 11.4 Å². The van der Waals surface area contributed by atoms with Gasteiger partial charge in [-0.15, -0.1) is 0 Å². The lowest BCUT2D eigenvalue weighted by atomic mass is 10.1. The van der Waals surface area contributed by atoms with Gasteiger partial charge in [-0.25, -0.2) is 14.3 Å². The fourth-order valence-corrected chi connectivity index (χ4v) is 5.10. The van der Waals surface area contributed by atoms with Crippen molar-refractivity contribution in [1.29, 1.82) is 0 Å². The summed E-state index contributed by atoms with van der Waals surface area (Å²) in [6.45, 7) is 0. The molecule has 7 rings (SSSR count). The second kappa shape index (κ2) is 7.41. The fourth-order valence-electron chi connectivity index (χ4n) is 5.10. The average Bonchev–Trinajstić information content (AvgIpc) is 3.44. The minimum Gasteiger partial charge on any atom is -0.464 e. The minimum atomic E-state index is -1.19. The van der Waals surface area contributed by atoms with Gasteiger partial charge in [0.2, 0.25) is 0 Å². The largest absolute Gasteiger partial charge is 0.464 e. The summed E-state index contributed by atoms with van der Waals surface area (Å²) in [5.74, 6) is 0.0957. The maximum absolute atomic E-state index is 13.2. The van der Waals surface area contributed by atoms with E-state index < -0.39 is 11.7 Å². The SMILES string of the molecule is O=C(O)n1c(-c2cc3ccc(-n4c5ccccc5c5ccccc54)cc3[nH]c2=O)nc2ccccc21. The molecule has 0 saturated carbocycles. The third-order valence-corrected chi connectivity index (χ3v) is 6.66. The van der Waals surface area contributed by atoms with E-state index in [2.05, 4.69) is 38.8 Å². The van der Waals surface area contributed by atoms with Crippen LogP contribution in [0.4, 0.5) is 4.79 Å². The maximum atomic E-state index is 13.2. The number of carbonyl (C=O) groups is 1. The second-order valence-electron chi connectivity index (χ2n) is 8.70. The molecule has 0 fully saturated rings. The van der Waals surface area contributed by atoms with Gasteiger partial charge in [0, 0.05) is 16.5 Å². The van der Waals surface area contributed by atoms with Gasteiger partial charge in [-0.2, -0.15) is 0 Å². The van der Waals surface area contributed by atoms with Crippen LogP contribution in [0.2, 0.25) is 0 Å². The van der Waals surface area contributed by atoms with Crippen molar-refractivity contribution in [2.75, 3.05) is 0 Å². The highest BCUT2D eigenvalue weighted by atomic mass is 16.4. The number of H-pyrrole nitrogens is 1. The lowest BCUT2D eigenvalue weighted by molar-refractivity contribution is 0.197. The number of para-hydroxylation sites is 4. The van der Waals surface area contributed by atoms with E-state index in [4.69, 9.17) is 0 Å². The van der Waals surface area contributed by atoms with E-state index in [0.717, 1.165) is 37.4 Å². The molecule has 0 aliphatic heterocycles. The van der Waals surface area contributed by atoms with E-state index >= 15 is 0 Å². The Hall–Kier alpha value is -5.17. The van der Waals surface area contributed by atoms with Crippen LogP contribution in [0.15, 0.2) is 102 Å². The van der Waals surface area contributed by atoms with Crippen molar-refractivity contribution in [3.8, 4) is 17.1 Å². The molecule has 7 heteroatoms. The number of nitrogens with one attached hydrogen (secondary N) is 1. The van der Waals surface area contributed by atoms with E-state index in [0.29, 0.717) is 16.6 Å². The van der Waals surface area contributed by atoms with E-state index in [1.54, 1.807) is 30.3 Å². The third kappa shape index (κ3) is 2.83. The van der Waals surface area contributed by atoms with Crippen LogP contribution in [-0.2, 0) is 0 Å². The Morgan fingerprint density at radius 1 is 0.778 bits per heavy atom. The Bertz CT molecular complexity index is 2010. The molecule has 3 heterocycles. The average molecular weight is 470 g/mol. The van der Waals surface area contributed by atoms with Gasteiger partial charge in [0.15, 0.2) is 5.82 Å². The van der Waals surface area contributed by atoms with Crippen molar-refractivity contribution in [1.82, 2.24) is 19.1 Å². The molecule has 0 spiro atoms. The zero-order valence-corrected chi connectivity index (χ0v) is 18.8. The molecule has 0 amide bonds. The molecule has 172 valence electrons. The Kier molecular flexibility index (Phi) is 4.16. The number of hydrogen-bond donors (Lipinski definition) is 2. The molecule has 7 aromatic rings. The number of carboxylic acid groups (broad SMARTS) is 1. The zero-order chi connectivity index (χ0) is 24.4. The topological polar surface area (TPSA) is 92.9 Å². The van der Waals surface area contributed by atoms with Crippen molar-refractivity contribution >= 4 is 49.8 Å². The first-order chi connectivity index (χ1) is 17.6. The van der Waals surface area contributed by atoms with Crippen LogP contribution in [0.1, 0.15) is 0 Å². The number of aromatic nitrogens is 4. The molecule has 0 bridgehead atoms. The van der Waals surface area contributed by atoms with Gasteiger partial charge in [-0.1, -0.05) is 54.6 Å². The van der Waals surface area contributed by atoms with Gasteiger partial charge in [-0.05, 0) is 47.9 Å². The summed E-state index contributed by atoms with van der Waals surface area (Å²) in [4.78, 5) is 32.6. The Morgan fingerprint density at radius 2 is 1.42 bits per heavy atom. The summed E-state index contributed by atoms with van der Waals surface area (Å²) in [7, 11) is 0. The molecule has 3 aromatic heterocycles. The lowest BCUT2D eigenvalue weighted by Crippen LogP contribution is -2.15. The first-order valence-electron chi connectivity index (χ1n) is 11.5. The standard InChI is InChI=1S/C29H18N4O3/c34-28-21(27-30-22-9-3-6-12-26(22)33(27)29(35)36)15-17-13-14-18(16-23(17)31-28)32-24-10-4-1-7-19(24)20-8-2-5-11-25(20)32/h1-16H,(H,31,34)(H,35,36). The van der Waals surface area contributed by atoms with Crippen molar-refractivity contribution in [2.45, 2.75) is 0 Å². The molecule has 2 N–H and O–H groups in total. The maximum Gasteiger partial charge on any atom is 0.417 e. The van der Waals surface area contributed by atoms with Gasteiger partial charge >= 0.3 is 6.09 Å². The van der Waals surface area contributed by atoms with Crippen molar-refractivity contribution < 1.29 is 9.90 Å². The van der Waals surface area contributed by atoms with Crippen molar-refractivity contribution in [2.24, 2.45) is 0 Å². The summed E-state index contributed by atoms with van der Waals surface area (Å²) in [6.07, 6.45) is -1.19. The number of benzene rings is 4. The second-order valence-corrected chi connectivity index (χ2v) is 8.70. The molecule has 0 saturated heterocycles. The molecule has 0 atom stereocenters. The lowest BCUT2D eigenvalue weighted by Gasteiger charge is -2.10. The number of hydrogen-bond acceptors (Lipinski definition) is 3. The van der Waals surface area contributed by atoms with Crippen molar-refractivity contribution in [3.63, 3.8) is 0 Å². The fraction of sp³-hybridized carbons (Fsp3) is 0. The van der Waals surface area contributed by atoms with E-state index in [9.17, 15) is 14.7 Å². The number of imidazole rings is 1. The predicted molar refractivity (Wildman–Crippen MR) is 141 cm³/mol. The normalized spacial score (nSPS) is 11.7. The molecular weight excluding hydrogens is 452 g/mol. The number of aromatic amines is 1. The summed E-state index contributed by atoms with van der Waals surface area (Å²) in [5, 5.41) is 12.9. The smallest absolute Gasteiger partial charge is 0.417 e. The van der Waals surface area contributed by atoms with Crippen LogP contribution in [0, 0.1) is 0 Å². The number of fused-ring (bicyclic) bond motifs is 5.